The SMILES string of the molecule is O=C(O)c1cccc(CC(=O)c2ccc(OCc3c(-c4c(Cl)cccc4Cl)noc3-c3ccc4ccccc4c3)cc2Cl)c1. The first-order valence-electron chi connectivity index (χ1n) is 13.5. The summed E-state index contributed by atoms with van der Waals surface area (Å²) in [6.45, 7) is 0.0359. The summed E-state index contributed by atoms with van der Waals surface area (Å²) in [5, 5.41) is 16.8. The van der Waals surface area contributed by atoms with Gasteiger partial charge in [-0.25, -0.2) is 4.79 Å². The van der Waals surface area contributed by atoms with Crippen molar-refractivity contribution in [2.24, 2.45) is 0 Å². The summed E-state index contributed by atoms with van der Waals surface area (Å²) in [7, 11) is 0. The predicted octanol–water partition coefficient (Wildman–Crippen LogP) is 9.82. The molecule has 6 aromatic rings. The van der Waals surface area contributed by atoms with E-state index in [1.807, 2.05) is 42.5 Å². The van der Waals surface area contributed by atoms with E-state index >= 15 is 0 Å². The molecule has 1 aromatic heterocycles. The lowest BCUT2D eigenvalue weighted by Crippen LogP contribution is -2.06. The molecule has 1 N–H and O–H groups in total. The Morgan fingerprint density at radius 3 is 2.27 bits per heavy atom. The number of Topliss-reactive ketones (excluding diaryl/α,β-unsaturated/α-hetero) is 1. The second kappa shape index (κ2) is 12.5. The maximum Gasteiger partial charge on any atom is 0.335 e. The van der Waals surface area contributed by atoms with Gasteiger partial charge in [0.25, 0.3) is 0 Å². The fourth-order valence-corrected chi connectivity index (χ4v) is 5.84. The molecule has 44 heavy (non-hydrogen) atoms. The number of nitrogens with zero attached hydrogens (tertiary/aromatic N) is 1. The van der Waals surface area contributed by atoms with Crippen LogP contribution < -0.4 is 4.74 Å². The van der Waals surface area contributed by atoms with Crippen molar-refractivity contribution >= 4 is 57.3 Å². The molecule has 0 saturated carbocycles. The van der Waals surface area contributed by atoms with Gasteiger partial charge in [-0.2, -0.15) is 0 Å². The van der Waals surface area contributed by atoms with Crippen LogP contribution in [0.3, 0.4) is 0 Å². The molecule has 0 amide bonds. The molecular weight excluding hydrogens is 621 g/mol. The van der Waals surface area contributed by atoms with Crippen molar-refractivity contribution in [1.29, 1.82) is 0 Å². The predicted molar refractivity (Wildman–Crippen MR) is 172 cm³/mol. The number of benzene rings is 5. The van der Waals surface area contributed by atoms with Gasteiger partial charge in [0.1, 0.15) is 18.1 Å². The van der Waals surface area contributed by atoms with Crippen LogP contribution in [0.1, 0.15) is 31.8 Å². The highest BCUT2D eigenvalue weighted by molar-refractivity contribution is 6.39. The van der Waals surface area contributed by atoms with Crippen molar-refractivity contribution in [3.8, 4) is 28.3 Å². The zero-order valence-corrected chi connectivity index (χ0v) is 25.2. The maximum absolute atomic E-state index is 13.0. The molecule has 0 bridgehead atoms. The van der Waals surface area contributed by atoms with Gasteiger partial charge < -0.3 is 14.4 Å². The number of halogens is 3. The molecule has 0 atom stereocenters. The molecule has 0 saturated heterocycles. The zero-order valence-electron chi connectivity index (χ0n) is 22.9. The van der Waals surface area contributed by atoms with Crippen molar-refractivity contribution in [2.45, 2.75) is 13.0 Å². The molecule has 1 heterocycles. The molecule has 9 heteroatoms. The van der Waals surface area contributed by atoms with Gasteiger partial charge in [-0.3, -0.25) is 4.79 Å². The number of ketones is 1. The topological polar surface area (TPSA) is 89.6 Å². The smallest absolute Gasteiger partial charge is 0.335 e. The Labute approximate surface area is 267 Å². The van der Waals surface area contributed by atoms with Crippen molar-refractivity contribution < 1.29 is 24.0 Å². The summed E-state index contributed by atoms with van der Waals surface area (Å²) in [6.07, 6.45) is -0.00119. The molecule has 218 valence electrons. The summed E-state index contributed by atoms with van der Waals surface area (Å²) < 4.78 is 12.1. The highest BCUT2D eigenvalue weighted by Crippen LogP contribution is 2.40. The van der Waals surface area contributed by atoms with Gasteiger partial charge in [-0.1, -0.05) is 94.6 Å². The van der Waals surface area contributed by atoms with E-state index in [4.69, 9.17) is 44.1 Å². The summed E-state index contributed by atoms with van der Waals surface area (Å²) >= 11 is 19.6. The van der Waals surface area contributed by atoms with E-state index in [1.54, 1.807) is 48.5 Å². The van der Waals surface area contributed by atoms with Crippen molar-refractivity contribution in [2.75, 3.05) is 0 Å². The van der Waals surface area contributed by atoms with Crippen LogP contribution in [0.4, 0.5) is 0 Å². The number of aromatic nitrogens is 1. The molecule has 0 aliphatic carbocycles. The summed E-state index contributed by atoms with van der Waals surface area (Å²) in [4.78, 5) is 24.3. The van der Waals surface area contributed by atoms with Crippen LogP contribution in [-0.4, -0.2) is 22.0 Å². The highest BCUT2D eigenvalue weighted by atomic mass is 35.5. The Balaban J connectivity index is 1.30. The van der Waals surface area contributed by atoms with Crippen LogP contribution in [0.5, 0.6) is 5.75 Å². The number of hydrogen-bond acceptors (Lipinski definition) is 5. The summed E-state index contributed by atoms with van der Waals surface area (Å²) in [5.41, 5.74) is 3.39. The summed E-state index contributed by atoms with van der Waals surface area (Å²) in [6, 6.07) is 30.2. The van der Waals surface area contributed by atoms with Gasteiger partial charge in [0.2, 0.25) is 0 Å². The van der Waals surface area contributed by atoms with E-state index in [0.717, 1.165) is 16.3 Å². The van der Waals surface area contributed by atoms with Crippen LogP contribution >= 0.6 is 34.8 Å². The molecule has 5 aromatic carbocycles. The quantitative estimate of drug-likeness (QED) is 0.158. The minimum atomic E-state index is -1.06. The van der Waals surface area contributed by atoms with E-state index in [0.29, 0.717) is 49.5 Å². The van der Waals surface area contributed by atoms with Crippen molar-refractivity contribution in [3.05, 3.63) is 140 Å². The maximum atomic E-state index is 13.0. The second-order valence-corrected chi connectivity index (χ2v) is 11.3. The molecule has 0 aliphatic heterocycles. The Kier molecular flexibility index (Phi) is 8.40. The number of rotatable bonds is 9. The zero-order chi connectivity index (χ0) is 30.8. The first-order chi connectivity index (χ1) is 21.3. The van der Waals surface area contributed by atoms with Gasteiger partial charge in [-0.05, 0) is 64.9 Å². The minimum absolute atomic E-state index is 0.00119. The Bertz CT molecular complexity index is 2030. The van der Waals surface area contributed by atoms with Crippen molar-refractivity contribution in [3.63, 3.8) is 0 Å². The van der Waals surface area contributed by atoms with Gasteiger partial charge in [0.15, 0.2) is 11.5 Å². The Morgan fingerprint density at radius 2 is 1.52 bits per heavy atom. The Morgan fingerprint density at radius 1 is 0.773 bits per heavy atom. The van der Waals surface area contributed by atoms with Gasteiger partial charge >= 0.3 is 5.97 Å². The van der Waals surface area contributed by atoms with Gasteiger partial charge in [0, 0.05) is 23.1 Å². The summed E-state index contributed by atoms with van der Waals surface area (Å²) in [5.74, 6) is -0.391. The molecule has 0 spiro atoms. The number of ether oxygens (including phenoxy) is 1. The lowest BCUT2D eigenvalue weighted by atomic mass is 10.00. The fraction of sp³-hybridized carbons (Fsp3) is 0.0571. The van der Waals surface area contributed by atoms with Crippen LogP contribution in [0, 0.1) is 0 Å². The van der Waals surface area contributed by atoms with E-state index in [2.05, 4.69) is 5.16 Å². The molecule has 0 unspecified atom stereocenters. The molecule has 6 rings (SSSR count). The molecule has 0 fully saturated rings. The number of carboxylic acid groups (broad SMARTS) is 1. The number of carbonyl (C=O) groups excluding carboxylic acids is 1. The van der Waals surface area contributed by atoms with Gasteiger partial charge in [0.05, 0.1) is 26.2 Å². The van der Waals surface area contributed by atoms with E-state index in [1.165, 1.54) is 12.1 Å². The standard InChI is InChI=1S/C35H22Cl3NO5/c36-28-9-4-10-29(37)32(28)33-27(34(44-39-33)23-12-11-21-6-1-2-7-22(21)17-23)19-43-25-13-14-26(30(38)18-25)31(40)16-20-5-3-8-24(15-20)35(41)42/h1-15,17-18H,16,19H2,(H,41,42). The number of fused-ring (bicyclic) bond motifs is 1. The number of hydrogen-bond donors (Lipinski definition) is 1. The molecule has 0 radical (unpaired) electrons. The highest BCUT2D eigenvalue weighted by Gasteiger charge is 2.24. The second-order valence-electron chi connectivity index (χ2n) is 10.0. The third-order valence-corrected chi connectivity index (χ3v) is 8.10. The lowest BCUT2D eigenvalue weighted by Gasteiger charge is -2.11. The first-order valence-corrected chi connectivity index (χ1v) is 14.6. The molecule has 0 aliphatic rings. The third kappa shape index (κ3) is 6.06. The van der Waals surface area contributed by atoms with Crippen LogP contribution in [0.2, 0.25) is 15.1 Å². The lowest BCUT2D eigenvalue weighted by molar-refractivity contribution is 0.0696. The largest absolute Gasteiger partial charge is 0.489 e. The van der Waals surface area contributed by atoms with Crippen LogP contribution in [0.25, 0.3) is 33.4 Å². The monoisotopic (exact) mass is 641 g/mol. The fourth-order valence-electron chi connectivity index (χ4n) is 4.98. The van der Waals surface area contributed by atoms with E-state index < -0.39 is 5.97 Å². The molecular formula is C35H22Cl3NO5. The van der Waals surface area contributed by atoms with Crippen LogP contribution in [-0.2, 0) is 13.0 Å². The van der Waals surface area contributed by atoms with E-state index in [-0.39, 0.29) is 29.4 Å². The first kappa shape index (κ1) is 29.5. The number of carboxylic acids is 1. The van der Waals surface area contributed by atoms with Crippen LogP contribution in [0.15, 0.2) is 108 Å². The normalized spacial score (nSPS) is 11.1. The van der Waals surface area contributed by atoms with E-state index in [9.17, 15) is 14.7 Å². The number of carbonyl (C=O) groups is 2. The Hall–Kier alpha value is -4.62. The van der Waals surface area contributed by atoms with Gasteiger partial charge in [-0.15, -0.1) is 0 Å². The van der Waals surface area contributed by atoms with Crippen molar-refractivity contribution in [1.82, 2.24) is 5.16 Å². The average Bonchev–Trinajstić information content (AvgIpc) is 3.43. The molecule has 6 nitrogen and oxygen atoms in total. The minimum Gasteiger partial charge on any atom is -0.489 e. The average molecular weight is 643 g/mol. The number of aromatic carboxylic acids is 1. The third-order valence-electron chi connectivity index (χ3n) is 7.16.